The van der Waals surface area contributed by atoms with Crippen LogP contribution in [0.4, 0.5) is 4.39 Å². The molecule has 4 nitrogen and oxygen atoms in total. The highest BCUT2D eigenvalue weighted by atomic mass is 32.1. The van der Waals surface area contributed by atoms with Gasteiger partial charge >= 0.3 is 0 Å². The molecule has 0 saturated heterocycles. The number of carbonyl (C=O) groups excluding carboxylic acids is 1. The Morgan fingerprint density at radius 3 is 2.66 bits per heavy atom. The van der Waals surface area contributed by atoms with Gasteiger partial charge in [0, 0.05) is 5.56 Å². The first-order chi connectivity index (χ1) is 14.2. The summed E-state index contributed by atoms with van der Waals surface area (Å²) in [6, 6.07) is 21.4. The lowest BCUT2D eigenvalue weighted by Gasteiger charge is -2.12. The van der Waals surface area contributed by atoms with Crippen molar-refractivity contribution < 1.29 is 13.9 Å². The molecule has 0 fully saturated rings. The zero-order chi connectivity index (χ0) is 20.1. The van der Waals surface area contributed by atoms with Gasteiger partial charge in [-0.05, 0) is 46.0 Å². The van der Waals surface area contributed by atoms with Gasteiger partial charge in [-0.2, -0.15) is 5.10 Å². The Bertz CT molecular complexity index is 1160. The number of hydrogen-bond donors (Lipinski definition) is 1. The first kappa shape index (κ1) is 18.8. The molecule has 29 heavy (non-hydrogen) atoms. The fraction of sp³-hybridized carbons (Fsp3) is 0.0435. The summed E-state index contributed by atoms with van der Waals surface area (Å²) in [6.07, 6.45) is 1.59. The Hall–Kier alpha value is -3.51. The van der Waals surface area contributed by atoms with Gasteiger partial charge in [0.05, 0.1) is 11.1 Å². The van der Waals surface area contributed by atoms with Crippen LogP contribution in [0, 0.1) is 5.82 Å². The summed E-state index contributed by atoms with van der Waals surface area (Å²) in [5.74, 6) is 0.0844. The molecule has 0 unspecified atom stereocenters. The van der Waals surface area contributed by atoms with Gasteiger partial charge in [-0.25, -0.2) is 9.82 Å². The molecule has 1 heterocycles. The molecule has 0 spiro atoms. The lowest BCUT2D eigenvalue weighted by molar-refractivity contribution is 0.0959. The predicted molar refractivity (Wildman–Crippen MR) is 114 cm³/mol. The Balaban J connectivity index is 1.59. The van der Waals surface area contributed by atoms with Gasteiger partial charge in [-0.3, -0.25) is 4.79 Å². The lowest BCUT2D eigenvalue weighted by atomic mass is 10.0. The van der Waals surface area contributed by atoms with Crippen molar-refractivity contribution in [3.8, 4) is 5.75 Å². The van der Waals surface area contributed by atoms with Crippen LogP contribution in [0.2, 0.25) is 0 Å². The molecule has 0 atom stereocenters. The van der Waals surface area contributed by atoms with Crippen LogP contribution in [-0.4, -0.2) is 12.1 Å². The molecule has 0 aliphatic heterocycles. The molecular weight excluding hydrogens is 387 g/mol. The average molecular weight is 404 g/mol. The van der Waals surface area contributed by atoms with E-state index < -0.39 is 0 Å². The summed E-state index contributed by atoms with van der Waals surface area (Å²) in [4.78, 5) is 12.7. The summed E-state index contributed by atoms with van der Waals surface area (Å²) in [5, 5.41) is 7.96. The maximum atomic E-state index is 13.1. The second kappa shape index (κ2) is 8.67. The number of nitrogens with one attached hydrogen (secondary N) is 1. The van der Waals surface area contributed by atoms with E-state index in [-0.39, 0.29) is 11.7 Å². The van der Waals surface area contributed by atoms with Gasteiger partial charge in [-0.1, -0.05) is 48.5 Å². The van der Waals surface area contributed by atoms with Crippen molar-refractivity contribution in [1.29, 1.82) is 0 Å². The normalized spacial score (nSPS) is 11.1. The van der Waals surface area contributed by atoms with E-state index in [0.717, 1.165) is 21.9 Å². The van der Waals surface area contributed by atoms with E-state index in [2.05, 4.69) is 10.5 Å². The topological polar surface area (TPSA) is 50.7 Å². The van der Waals surface area contributed by atoms with Crippen molar-refractivity contribution in [2.75, 3.05) is 0 Å². The highest BCUT2D eigenvalue weighted by Crippen LogP contribution is 2.27. The number of thiophene rings is 1. The molecular formula is C23H17FN2O2S. The summed E-state index contributed by atoms with van der Waals surface area (Å²) in [7, 11) is 0. The molecule has 1 aromatic heterocycles. The van der Waals surface area contributed by atoms with Crippen LogP contribution in [-0.2, 0) is 6.61 Å². The first-order valence-corrected chi connectivity index (χ1v) is 9.84. The third-order valence-electron chi connectivity index (χ3n) is 4.34. The summed E-state index contributed by atoms with van der Waals surface area (Å²) in [5.41, 5.74) is 4.17. The molecule has 6 heteroatoms. The van der Waals surface area contributed by atoms with Crippen LogP contribution in [0.5, 0.6) is 5.75 Å². The number of hydrazone groups is 1. The smallest absolute Gasteiger partial charge is 0.281 e. The fourth-order valence-electron chi connectivity index (χ4n) is 2.89. The average Bonchev–Trinajstić information content (AvgIpc) is 3.29. The number of fused-ring (bicyclic) bond motifs is 1. The van der Waals surface area contributed by atoms with E-state index in [9.17, 15) is 9.18 Å². The third-order valence-corrected chi connectivity index (χ3v) is 5.21. The fourth-order valence-corrected chi connectivity index (χ4v) is 3.51. The largest absolute Gasteiger partial charge is 0.488 e. The Morgan fingerprint density at radius 2 is 1.86 bits per heavy atom. The zero-order valence-corrected chi connectivity index (χ0v) is 16.2. The van der Waals surface area contributed by atoms with E-state index in [1.54, 1.807) is 24.4 Å². The summed E-state index contributed by atoms with van der Waals surface area (Å²) < 4.78 is 19.1. The van der Waals surface area contributed by atoms with Crippen molar-refractivity contribution in [3.05, 3.63) is 100.0 Å². The second-order valence-corrected chi connectivity index (χ2v) is 7.24. The van der Waals surface area contributed by atoms with Crippen molar-refractivity contribution in [3.63, 3.8) is 0 Å². The van der Waals surface area contributed by atoms with Crippen LogP contribution in [0.1, 0.15) is 20.8 Å². The minimum atomic E-state index is -0.284. The Morgan fingerprint density at radius 1 is 1.03 bits per heavy atom. The van der Waals surface area contributed by atoms with E-state index in [4.69, 9.17) is 4.74 Å². The third kappa shape index (κ3) is 4.50. The minimum Gasteiger partial charge on any atom is -0.488 e. The maximum Gasteiger partial charge on any atom is 0.281 e. The molecule has 1 amide bonds. The predicted octanol–water partition coefficient (Wildman–Crippen LogP) is 5.38. The Kier molecular flexibility index (Phi) is 5.63. The SMILES string of the molecule is O=C(NN=Cc1c(OCc2ccc(F)cc2)ccc2ccccc12)c1cccs1. The van der Waals surface area contributed by atoms with Crippen LogP contribution >= 0.6 is 11.3 Å². The van der Waals surface area contributed by atoms with E-state index in [1.807, 2.05) is 47.8 Å². The van der Waals surface area contributed by atoms with Gasteiger partial charge < -0.3 is 4.74 Å². The number of ether oxygens (including phenoxy) is 1. The number of carbonyl (C=O) groups is 1. The molecule has 144 valence electrons. The molecule has 0 aliphatic carbocycles. The van der Waals surface area contributed by atoms with Gasteiger partial charge in [0.15, 0.2) is 0 Å². The number of benzene rings is 3. The van der Waals surface area contributed by atoms with Crippen LogP contribution in [0.15, 0.2) is 83.3 Å². The van der Waals surface area contributed by atoms with E-state index in [0.29, 0.717) is 17.2 Å². The number of nitrogens with zero attached hydrogens (tertiary/aromatic N) is 1. The molecule has 0 radical (unpaired) electrons. The number of halogens is 1. The van der Waals surface area contributed by atoms with E-state index >= 15 is 0 Å². The molecule has 4 aromatic rings. The van der Waals surface area contributed by atoms with Gasteiger partial charge in [-0.15, -0.1) is 11.3 Å². The standard InChI is InChI=1S/C23H17FN2O2S/c24-18-10-7-16(8-11-18)15-28-21-12-9-17-4-1-2-5-19(17)20(21)14-25-26-23(27)22-6-3-13-29-22/h1-14H,15H2,(H,26,27). The van der Waals surface area contributed by atoms with Crippen LogP contribution in [0.25, 0.3) is 10.8 Å². The second-order valence-electron chi connectivity index (χ2n) is 6.29. The maximum absolute atomic E-state index is 13.1. The minimum absolute atomic E-state index is 0.259. The highest BCUT2D eigenvalue weighted by Gasteiger charge is 2.09. The quantitative estimate of drug-likeness (QED) is 0.346. The molecule has 0 saturated carbocycles. The molecule has 0 aliphatic rings. The Labute approximate surface area is 171 Å². The molecule has 0 bridgehead atoms. The van der Waals surface area contributed by atoms with Gasteiger partial charge in [0.25, 0.3) is 5.91 Å². The van der Waals surface area contributed by atoms with Crippen molar-refractivity contribution in [2.45, 2.75) is 6.61 Å². The van der Waals surface area contributed by atoms with Crippen molar-refractivity contribution in [1.82, 2.24) is 5.43 Å². The highest BCUT2D eigenvalue weighted by molar-refractivity contribution is 7.12. The van der Waals surface area contributed by atoms with Crippen molar-refractivity contribution >= 4 is 34.2 Å². The summed E-state index contributed by atoms with van der Waals surface area (Å²) >= 11 is 1.35. The van der Waals surface area contributed by atoms with E-state index in [1.165, 1.54) is 23.5 Å². The van der Waals surface area contributed by atoms with Crippen LogP contribution in [0.3, 0.4) is 0 Å². The molecule has 4 rings (SSSR count). The number of amides is 1. The zero-order valence-electron chi connectivity index (χ0n) is 15.3. The van der Waals surface area contributed by atoms with Crippen LogP contribution < -0.4 is 10.2 Å². The molecule has 3 aromatic carbocycles. The number of rotatable bonds is 6. The lowest BCUT2D eigenvalue weighted by Crippen LogP contribution is -2.16. The monoisotopic (exact) mass is 404 g/mol. The summed E-state index contributed by atoms with van der Waals surface area (Å²) in [6.45, 7) is 0.293. The van der Waals surface area contributed by atoms with Gasteiger partial charge in [0.2, 0.25) is 0 Å². The van der Waals surface area contributed by atoms with Gasteiger partial charge in [0.1, 0.15) is 18.2 Å². The van der Waals surface area contributed by atoms with Crippen molar-refractivity contribution in [2.24, 2.45) is 5.10 Å². The first-order valence-electron chi connectivity index (χ1n) is 8.96. The molecule has 1 N–H and O–H groups in total. The number of hydrogen-bond acceptors (Lipinski definition) is 4.